The largest absolute Gasteiger partial charge is 0.365 e. The number of hydrogen-bond donors (Lipinski definition) is 3. The highest BCUT2D eigenvalue weighted by atomic mass is 35.5. The molecule has 0 aliphatic rings. The van der Waals surface area contributed by atoms with Crippen molar-refractivity contribution in [1.82, 2.24) is 15.0 Å². The van der Waals surface area contributed by atoms with E-state index in [1.165, 1.54) is 0 Å². The van der Waals surface area contributed by atoms with E-state index in [4.69, 9.17) is 11.6 Å². The fourth-order valence-electron chi connectivity index (χ4n) is 2.94. The molecule has 2 aromatic heterocycles. The maximum absolute atomic E-state index is 12.3. The molecule has 0 aliphatic carbocycles. The Kier molecular flexibility index (Phi) is 5.72. The van der Waals surface area contributed by atoms with Crippen molar-refractivity contribution in [1.29, 1.82) is 0 Å². The summed E-state index contributed by atoms with van der Waals surface area (Å²) < 4.78 is 0. The van der Waals surface area contributed by atoms with Crippen LogP contribution in [0.5, 0.6) is 0 Å². The average molecular weight is 419 g/mol. The molecule has 0 spiro atoms. The van der Waals surface area contributed by atoms with E-state index in [1.807, 2.05) is 48.5 Å². The summed E-state index contributed by atoms with van der Waals surface area (Å²) in [5, 5.41) is 10.4. The number of pyridine rings is 1. The van der Waals surface area contributed by atoms with Gasteiger partial charge in [0.2, 0.25) is 5.95 Å². The van der Waals surface area contributed by atoms with Crippen LogP contribution in [0.15, 0.2) is 66.7 Å². The predicted molar refractivity (Wildman–Crippen MR) is 120 cm³/mol. The van der Waals surface area contributed by atoms with Crippen LogP contribution in [0.1, 0.15) is 16.1 Å². The fourth-order valence-corrected chi connectivity index (χ4v) is 3.11. The van der Waals surface area contributed by atoms with Gasteiger partial charge in [0.05, 0.1) is 5.52 Å². The van der Waals surface area contributed by atoms with Gasteiger partial charge in [0.25, 0.3) is 5.91 Å². The lowest BCUT2D eigenvalue weighted by atomic mass is 10.2. The van der Waals surface area contributed by atoms with Crippen LogP contribution in [0.25, 0.3) is 10.9 Å². The molecule has 0 fully saturated rings. The topological polar surface area (TPSA) is 91.8 Å². The Labute approximate surface area is 178 Å². The number of nitrogens with one attached hydrogen (secondary N) is 3. The predicted octanol–water partition coefficient (Wildman–Crippen LogP) is 4.58. The number of anilines is 3. The minimum Gasteiger partial charge on any atom is -0.365 e. The van der Waals surface area contributed by atoms with Crippen molar-refractivity contribution in [2.75, 3.05) is 23.0 Å². The number of benzene rings is 2. The first-order valence-electron chi connectivity index (χ1n) is 9.33. The number of carbonyl (C=O) groups excluding carboxylic acids is 1. The van der Waals surface area contributed by atoms with E-state index in [0.717, 1.165) is 22.3 Å². The molecule has 0 saturated carbocycles. The van der Waals surface area contributed by atoms with E-state index in [0.29, 0.717) is 18.2 Å². The standard InChI is InChI=1S/C22H19ClN6O/c1-24-22-28-17-6-3-2-5-16(17)20(29-22)25-13-14-9-11-15(12-10-14)26-21(30)18-7-4-8-19(23)27-18/h2-12H,13H2,1H3,(H,26,30)(H2,24,25,28,29). The van der Waals surface area contributed by atoms with Crippen molar-refractivity contribution in [2.24, 2.45) is 0 Å². The first-order chi connectivity index (χ1) is 14.6. The third-order valence-electron chi connectivity index (χ3n) is 4.45. The lowest BCUT2D eigenvalue weighted by molar-refractivity contribution is 0.102. The smallest absolute Gasteiger partial charge is 0.274 e. The maximum atomic E-state index is 12.3. The summed E-state index contributed by atoms with van der Waals surface area (Å²) in [7, 11) is 1.79. The average Bonchev–Trinajstić information content (AvgIpc) is 2.78. The molecule has 1 amide bonds. The van der Waals surface area contributed by atoms with Gasteiger partial charge in [-0.25, -0.2) is 9.97 Å². The summed E-state index contributed by atoms with van der Waals surface area (Å²) >= 11 is 5.84. The molecule has 150 valence electrons. The van der Waals surface area contributed by atoms with Crippen LogP contribution in [-0.4, -0.2) is 27.9 Å². The van der Waals surface area contributed by atoms with Gasteiger partial charge in [0, 0.05) is 24.7 Å². The van der Waals surface area contributed by atoms with Gasteiger partial charge < -0.3 is 16.0 Å². The maximum Gasteiger partial charge on any atom is 0.274 e. The van der Waals surface area contributed by atoms with Gasteiger partial charge in [0.15, 0.2) is 0 Å². The second kappa shape index (κ2) is 8.75. The lowest BCUT2D eigenvalue weighted by Gasteiger charge is -2.11. The molecule has 0 unspecified atom stereocenters. The normalized spacial score (nSPS) is 10.6. The molecule has 7 nitrogen and oxygen atoms in total. The fraction of sp³-hybridized carbons (Fsp3) is 0.0909. The van der Waals surface area contributed by atoms with Crippen molar-refractivity contribution in [3.8, 4) is 0 Å². The minimum atomic E-state index is -0.310. The van der Waals surface area contributed by atoms with Gasteiger partial charge in [0.1, 0.15) is 16.7 Å². The number of fused-ring (bicyclic) bond motifs is 1. The molecule has 3 N–H and O–H groups in total. The highest BCUT2D eigenvalue weighted by molar-refractivity contribution is 6.29. The summed E-state index contributed by atoms with van der Waals surface area (Å²) in [5.41, 5.74) is 2.86. The Hall–Kier alpha value is -3.71. The van der Waals surface area contributed by atoms with Crippen LogP contribution in [-0.2, 0) is 6.54 Å². The molecule has 0 radical (unpaired) electrons. The number of nitrogens with zero attached hydrogens (tertiary/aromatic N) is 3. The van der Waals surface area contributed by atoms with Gasteiger partial charge >= 0.3 is 0 Å². The van der Waals surface area contributed by atoms with Crippen molar-refractivity contribution < 1.29 is 4.79 Å². The van der Waals surface area contributed by atoms with Gasteiger partial charge in [-0.3, -0.25) is 4.79 Å². The summed E-state index contributed by atoms with van der Waals surface area (Å²) in [6.45, 7) is 0.578. The van der Waals surface area contributed by atoms with Crippen LogP contribution in [0.4, 0.5) is 17.5 Å². The van der Waals surface area contributed by atoms with E-state index in [-0.39, 0.29) is 16.8 Å². The molecule has 0 saturated heterocycles. The molecule has 2 aromatic carbocycles. The van der Waals surface area contributed by atoms with Crippen LogP contribution >= 0.6 is 11.6 Å². The molecule has 0 bridgehead atoms. The van der Waals surface area contributed by atoms with E-state index in [9.17, 15) is 4.79 Å². The van der Waals surface area contributed by atoms with Crippen LogP contribution in [0.2, 0.25) is 5.15 Å². The summed E-state index contributed by atoms with van der Waals surface area (Å²) in [5.74, 6) is 1.01. The Morgan fingerprint density at radius 2 is 1.73 bits per heavy atom. The molecule has 4 rings (SSSR count). The number of aromatic nitrogens is 3. The van der Waals surface area contributed by atoms with Crippen LogP contribution in [0, 0.1) is 0 Å². The third-order valence-corrected chi connectivity index (χ3v) is 4.66. The Balaban J connectivity index is 1.44. The summed E-state index contributed by atoms with van der Waals surface area (Å²) in [6.07, 6.45) is 0. The number of para-hydroxylation sites is 1. The zero-order valence-corrected chi connectivity index (χ0v) is 16.9. The molecular weight excluding hydrogens is 400 g/mol. The first-order valence-corrected chi connectivity index (χ1v) is 9.71. The second-order valence-corrected chi connectivity index (χ2v) is 6.90. The number of halogens is 1. The minimum absolute atomic E-state index is 0.268. The third kappa shape index (κ3) is 4.47. The number of amides is 1. The van der Waals surface area contributed by atoms with E-state index in [2.05, 4.69) is 30.9 Å². The number of rotatable bonds is 6. The molecule has 8 heteroatoms. The number of hydrogen-bond acceptors (Lipinski definition) is 6. The summed E-state index contributed by atoms with van der Waals surface area (Å²) in [6, 6.07) is 20.3. The Morgan fingerprint density at radius 1 is 0.933 bits per heavy atom. The van der Waals surface area contributed by atoms with Crippen molar-refractivity contribution >= 4 is 45.9 Å². The highest BCUT2D eigenvalue weighted by Crippen LogP contribution is 2.22. The highest BCUT2D eigenvalue weighted by Gasteiger charge is 2.09. The Morgan fingerprint density at radius 3 is 2.50 bits per heavy atom. The number of carbonyl (C=O) groups is 1. The van der Waals surface area contributed by atoms with Crippen molar-refractivity contribution in [2.45, 2.75) is 6.54 Å². The van der Waals surface area contributed by atoms with Gasteiger partial charge in [-0.05, 0) is 42.0 Å². The zero-order valence-electron chi connectivity index (χ0n) is 16.2. The molecule has 4 aromatic rings. The van der Waals surface area contributed by atoms with E-state index >= 15 is 0 Å². The quantitative estimate of drug-likeness (QED) is 0.397. The molecule has 30 heavy (non-hydrogen) atoms. The molecule has 0 aliphatic heterocycles. The van der Waals surface area contributed by atoms with Gasteiger partial charge in [-0.1, -0.05) is 41.9 Å². The van der Waals surface area contributed by atoms with Gasteiger partial charge in [-0.2, -0.15) is 4.98 Å². The lowest BCUT2D eigenvalue weighted by Crippen LogP contribution is -2.13. The van der Waals surface area contributed by atoms with Crippen LogP contribution < -0.4 is 16.0 Å². The SMILES string of the molecule is CNc1nc(NCc2ccc(NC(=O)c3cccc(Cl)n3)cc2)c2ccccc2n1. The first kappa shape index (κ1) is 19.6. The van der Waals surface area contributed by atoms with E-state index < -0.39 is 0 Å². The monoisotopic (exact) mass is 418 g/mol. The van der Waals surface area contributed by atoms with Gasteiger partial charge in [-0.15, -0.1) is 0 Å². The van der Waals surface area contributed by atoms with Crippen molar-refractivity contribution in [3.63, 3.8) is 0 Å². The zero-order chi connectivity index (χ0) is 20.9. The molecular formula is C22H19ClN6O. The molecule has 2 heterocycles. The Bertz CT molecular complexity index is 1200. The molecule has 0 atom stereocenters. The van der Waals surface area contributed by atoms with E-state index in [1.54, 1.807) is 25.2 Å². The van der Waals surface area contributed by atoms with Crippen LogP contribution in [0.3, 0.4) is 0 Å². The second-order valence-electron chi connectivity index (χ2n) is 6.51. The van der Waals surface area contributed by atoms with Crippen molar-refractivity contribution in [3.05, 3.63) is 83.1 Å². The summed E-state index contributed by atoms with van der Waals surface area (Å²) in [4.78, 5) is 25.3.